The first kappa shape index (κ1) is 28.9. The Bertz CT molecular complexity index is 707. The average Bonchev–Trinajstić information content (AvgIpc) is 3.39. The monoisotopic (exact) mass is 490 g/mol. The van der Waals surface area contributed by atoms with Crippen LogP contribution in [-0.2, 0) is 22.4 Å². The minimum absolute atomic E-state index is 0.530. The van der Waals surface area contributed by atoms with Gasteiger partial charge in [0.1, 0.15) is 5.82 Å². The molecule has 0 bridgehead atoms. The summed E-state index contributed by atoms with van der Waals surface area (Å²) in [6, 6.07) is 0. The number of nitrogens with two attached hydrogens (primary N) is 1. The number of rotatable bonds is 23. The highest BCUT2D eigenvalue weighted by atomic mass is 16.5. The second-order valence-electron chi connectivity index (χ2n) is 8.64. The summed E-state index contributed by atoms with van der Waals surface area (Å²) in [6.07, 6.45) is 17.7. The predicted octanol–water partition coefficient (Wildman–Crippen LogP) is 3.66. The molecule has 2 aromatic rings. The molecule has 0 saturated heterocycles. The molecule has 0 amide bonds. The van der Waals surface area contributed by atoms with Gasteiger partial charge in [-0.25, -0.2) is 4.98 Å². The van der Waals surface area contributed by atoms with Crippen molar-refractivity contribution in [1.82, 2.24) is 24.5 Å². The molecule has 4 N–H and O–H groups in total. The van der Waals surface area contributed by atoms with Gasteiger partial charge >= 0.3 is 0 Å². The number of unbranched alkanes of at least 4 members (excludes halogenated alkanes) is 7. The minimum atomic E-state index is 0.530. The van der Waals surface area contributed by atoms with E-state index in [1.165, 1.54) is 44.9 Å². The van der Waals surface area contributed by atoms with Gasteiger partial charge in [-0.15, -0.1) is 0 Å². The van der Waals surface area contributed by atoms with E-state index in [2.05, 4.69) is 42.1 Å². The largest absolute Gasteiger partial charge is 0.378 e. The Kier molecular flexibility index (Phi) is 16.5. The predicted molar refractivity (Wildman–Crippen MR) is 141 cm³/mol. The number of nitrogens with zero attached hydrogens (tertiary/aromatic N) is 5. The standard InChI is InChI=1S/C25H46N8O2/c1-2-3-4-5-6-7-8-9-11-23-30-24(28-13-10-16-33-17-14-27-22-33)32-25(31-23)29-15-19-35-21-20-34-18-12-26/h14,17,22H,2-13,15-16,18-21,26H2,1H3,(H2,28,29,30,31,32). The number of anilines is 2. The first-order valence-corrected chi connectivity index (χ1v) is 13.4. The third kappa shape index (κ3) is 14.6. The highest BCUT2D eigenvalue weighted by Gasteiger charge is 2.07. The summed E-state index contributed by atoms with van der Waals surface area (Å²) in [6.45, 7) is 7.31. The van der Waals surface area contributed by atoms with Crippen LogP contribution in [0.5, 0.6) is 0 Å². The molecule has 0 fully saturated rings. The lowest BCUT2D eigenvalue weighted by Crippen LogP contribution is -2.17. The van der Waals surface area contributed by atoms with E-state index in [9.17, 15) is 0 Å². The molecule has 10 nitrogen and oxygen atoms in total. The number of ether oxygens (including phenoxy) is 2. The van der Waals surface area contributed by atoms with Gasteiger partial charge in [-0.3, -0.25) is 0 Å². The molecule has 2 heterocycles. The maximum atomic E-state index is 5.58. The first-order valence-electron chi connectivity index (χ1n) is 13.4. The smallest absolute Gasteiger partial charge is 0.227 e. The summed E-state index contributed by atoms with van der Waals surface area (Å²) in [5, 5.41) is 6.62. The van der Waals surface area contributed by atoms with Crippen molar-refractivity contribution in [1.29, 1.82) is 0 Å². The molecule has 2 rings (SSSR count). The number of aryl methyl sites for hydroxylation is 2. The fourth-order valence-electron chi connectivity index (χ4n) is 3.63. The summed E-state index contributed by atoms with van der Waals surface area (Å²) in [4.78, 5) is 17.9. The average molecular weight is 491 g/mol. The van der Waals surface area contributed by atoms with Crippen molar-refractivity contribution in [3.05, 3.63) is 24.5 Å². The van der Waals surface area contributed by atoms with Gasteiger partial charge in [0.25, 0.3) is 0 Å². The summed E-state index contributed by atoms with van der Waals surface area (Å²) < 4.78 is 13.0. The van der Waals surface area contributed by atoms with Crippen molar-refractivity contribution < 1.29 is 9.47 Å². The molecule has 0 aliphatic heterocycles. The van der Waals surface area contributed by atoms with E-state index in [0.29, 0.717) is 51.4 Å². The van der Waals surface area contributed by atoms with Gasteiger partial charge in [0, 0.05) is 45.0 Å². The second kappa shape index (κ2) is 19.9. The van der Waals surface area contributed by atoms with Gasteiger partial charge < -0.3 is 30.4 Å². The highest BCUT2D eigenvalue weighted by molar-refractivity contribution is 5.34. The van der Waals surface area contributed by atoms with Gasteiger partial charge in [0.15, 0.2) is 0 Å². The SMILES string of the molecule is CCCCCCCCCCc1nc(NCCCn2ccnc2)nc(NCCOCCOCCN)n1. The van der Waals surface area contributed by atoms with Crippen LogP contribution in [0.1, 0.15) is 70.5 Å². The molecule has 198 valence electrons. The van der Waals surface area contributed by atoms with E-state index in [1.807, 2.05) is 12.5 Å². The summed E-state index contributed by atoms with van der Waals surface area (Å²) in [7, 11) is 0. The summed E-state index contributed by atoms with van der Waals surface area (Å²) >= 11 is 0. The van der Waals surface area contributed by atoms with Crippen molar-refractivity contribution in [3.8, 4) is 0 Å². The van der Waals surface area contributed by atoms with Crippen LogP contribution >= 0.6 is 0 Å². The third-order valence-electron chi connectivity index (χ3n) is 5.53. The van der Waals surface area contributed by atoms with E-state index >= 15 is 0 Å². The van der Waals surface area contributed by atoms with E-state index in [0.717, 1.165) is 38.2 Å². The molecule has 0 radical (unpaired) electrons. The molecule has 0 unspecified atom stereocenters. The molecule has 0 spiro atoms. The quantitative estimate of drug-likeness (QED) is 0.200. The maximum Gasteiger partial charge on any atom is 0.227 e. The van der Waals surface area contributed by atoms with Crippen LogP contribution in [0.2, 0.25) is 0 Å². The van der Waals surface area contributed by atoms with Gasteiger partial charge in [-0.1, -0.05) is 51.9 Å². The van der Waals surface area contributed by atoms with Gasteiger partial charge in [-0.2, -0.15) is 15.0 Å². The zero-order chi connectivity index (χ0) is 24.8. The Balaban J connectivity index is 1.75. The van der Waals surface area contributed by atoms with E-state index in [4.69, 9.17) is 15.2 Å². The van der Waals surface area contributed by atoms with Crippen LogP contribution in [0.25, 0.3) is 0 Å². The number of hydrogen-bond donors (Lipinski definition) is 3. The molecule has 0 aromatic carbocycles. The lowest BCUT2D eigenvalue weighted by atomic mass is 10.1. The molecule has 0 aliphatic carbocycles. The number of nitrogens with one attached hydrogen (secondary N) is 2. The maximum absolute atomic E-state index is 5.58. The Morgan fingerprint density at radius 3 is 2.17 bits per heavy atom. The summed E-state index contributed by atoms with van der Waals surface area (Å²) in [5.41, 5.74) is 5.40. The molecule has 0 aliphatic rings. The molecule has 35 heavy (non-hydrogen) atoms. The lowest BCUT2D eigenvalue weighted by Gasteiger charge is -2.11. The van der Waals surface area contributed by atoms with Crippen molar-refractivity contribution >= 4 is 11.9 Å². The van der Waals surface area contributed by atoms with Crippen LogP contribution in [0.4, 0.5) is 11.9 Å². The topological polar surface area (TPSA) is 125 Å². The Labute approximate surface area is 210 Å². The van der Waals surface area contributed by atoms with Crippen molar-refractivity contribution in [2.45, 2.75) is 77.7 Å². The highest BCUT2D eigenvalue weighted by Crippen LogP contribution is 2.12. The molecule has 0 saturated carbocycles. The second-order valence-corrected chi connectivity index (χ2v) is 8.64. The van der Waals surface area contributed by atoms with Gasteiger partial charge in [-0.05, 0) is 12.8 Å². The van der Waals surface area contributed by atoms with Crippen LogP contribution in [0.15, 0.2) is 18.7 Å². The van der Waals surface area contributed by atoms with Crippen molar-refractivity contribution in [2.24, 2.45) is 5.73 Å². The normalized spacial score (nSPS) is 11.1. The van der Waals surface area contributed by atoms with E-state index in [1.54, 1.807) is 6.20 Å². The van der Waals surface area contributed by atoms with Gasteiger partial charge in [0.05, 0.1) is 32.8 Å². The molecular weight excluding hydrogens is 444 g/mol. The van der Waals surface area contributed by atoms with Crippen LogP contribution < -0.4 is 16.4 Å². The Hall–Kier alpha value is -2.30. The van der Waals surface area contributed by atoms with Crippen LogP contribution in [0, 0.1) is 0 Å². The fourth-order valence-corrected chi connectivity index (χ4v) is 3.63. The van der Waals surface area contributed by atoms with Crippen LogP contribution in [-0.4, -0.2) is 70.6 Å². The fraction of sp³-hybridized carbons (Fsp3) is 0.760. The molecule has 2 aromatic heterocycles. The minimum Gasteiger partial charge on any atom is -0.378 e. The first-order chi connectivity index (χ1) is 17.3. The molecular formula is C25H46N8O2. The lowest BCUT2D eigenvalue weighted by molar-refractivity contribution is 0.0547. The van der Waals surface area contributed by atoms with E-state index < -0.39 is 0 Å². The zero-order valence-corrected chi connectivity index (χ0v) is 21.6. The van der Waals surface area contributed by atoms with Gasteiger partial charge in [0.2, 0.25) is 11.9 Å². The molecule has 10 heteroatoms. The van der Waals surface area contributed by atoms with Crippen LogP contribution in [0.3, 0.4) is 0 Å². The van der Waals surface area contributed by atoms with E-state index in [-0.39, 0.29) is 0 Å². The number of aromatic nitrogens is 5. The molecule has 0 atom stereocenters. The Morgan fingerprint density at radius 2 is 1.49 bits per heavy atom. The van der Waals surface area contributed by atoms with Crippen molar-refractivity contribution in [3.63, 3.8) is 0 Å². The number of imidazole rings is 1. The third-order valence-corrected chi connectivity index (χ3v) is 5.53. The number of hydrogen-bond acceptors (Lipinski definition) is 9. The zero-order valence-electron chi connectivity index (χ0n) is 21.6. The van der Waals surface area contributed by atoms with Crippen molar-refractivity contribution in [2.75, 3.05) is 56.7 Å². The summed E-state index contributed by atoms with van der Waals surface area (Å²) in [5.74, 6) is 2.05. The Morgan fingerprint density at radius 1 is 0.800 bits per heavy atom.